The minimum absolute atomic E-state index is 0.0349. The Labute approximate surface area is 112 Å². The number of hydrogen-bond donors (Lipinski definition) is 1. The summed E-state index contributed by atoms with van der Waals surface area (Å²) < 4.78 is 10.2. The Morgan fingerprint density at radius 1 is 1.37 bits per heavy atom. The molecule has 1 atom stereocenters. The van der Waals surface area contributed by atoms with Gasteiger partial charge in [0.1, 0.15) is 0 Å². The summed E-state index contributed by atoms with van der Waals surface area (Å²) in [5.74, 6) is 0. The number of nitro benzene ring substituents is 1. The molecule has 0 heterocycles. The van der Waals surface area contributed by atoms with Gasteiger partial charge in [-0.3, -0.25) is 10.1 Å². The average molecular weight is 268 g/mol. The number of rotatable bonds is 8. The van der Waals surface area contributed by atoms with Crippen molar-refractivity contribution in [3.63, 3.8) is 0 Å². The van der Waals surface area contributed by atoms with Gasteiger partial charge >= 0.3 is 0 Å². The Morgan fingerprint density at radius 2 is 2.05 bits per heavy atom. The smallest absolute Gasteiger partial charge is 0.269 e. The van der Waals surface area contributed by atoms with Crippen molar-refractivity contribution in [2.45, 2.75) is 25.7 Å². The zero-order valence-corrected chi connectivity index (χ0v) is 11.5. The van der Waals surface area contributed by atoms with Crippen LogP contribution in [0.2, 0.25) is 0 Å². The zero-order chi connectivity index (χ0) is 14.3. The maximum Gasteiger partial charge on any atom is 0.269 e. The molecule has 0 radical (unpaired) electrons. The molecule has 19 heavy (non-hydrogen) atoms. The Morgan fingerprint density at radius 3 is 2.58 bits per heavy atom. The molecule has 0 bridgehead atoms. The van der Waals surface area contributed by atoms with Crippen molar-refractivity contribution in [2.75, 3.05) is 20.8 Å². The number of nitro groups is 1. The molecule has 1 unspecified atom stereocenters. The van der Waals surface area contributed by atoms with Gasteiger partial charge in [-0.15, -0.1) is 0 Å². The van der Waals surface area contributed by atoms with Gasteiger partial charge in [-0.05, 0) is 12.0 Å². The molecular weight excluding hydrogens is 248 g/mol. The molecule has 6 heteroatoms. The van der Waals surface area contributed by atoms with Gasteiger partial charge in [-0.25, -0.2) is 0 Å². The standard InChI is InChI=1S/C13H20N2O4/c1-4-12(14-9-13(18-2)19-3)10-6-5-7-11(8-10)15(16)17/h5-8,12-14H,4,9H2,1-3H3. The molecule has 0 aliphatic rings. The number of hydrogen-bond acceptors (Lipinski definition) is 5. The van der Waals surface area contributed by atoms with E-state index in [-0.39, 0.29) is 22.9 Å². The fourth-order valence-corrected chi connectivity index (χ4v) is 1.85. The highest BCUT2D eigenvalue weighted by Crippen LogP contribution is 2.21. The van der Waals surface area contributed by atoms with Gasteiger partial charge in [0, 0.05) is 38.9 Å². The van der Waals surface area contributed by atoms with E-state index in [1.165, 1.54) is 6.07 Å². The molecule has 0 spiro atoms. The van der Waals surface area contributed by atoms with Crippen molar-refractivity contribution >= 4 is 5.69 Å². The molecule has 1 aromatic carbocycles. The lowest BCUT2D eigenvalue weighted by atomic mass is 10.0. The number of benzene rings is 1. The van der Waals surface area contributed by atoms with Gasteiger partial charge in [0.15, 0.2) is 6.29 Å². The summed E-state index contributed by atoms with van der Waals surface area (Å²) in [4.78, 5) is 10.4. The number of ether oxygens (including phenoxy) is 2. The van der Waals surface area contributed by atoms with E-state index < -0.39 is 0 Å². The number of non-ortho nitro benzene ring substituents is 1. The largest absolute Gasteiger partial charge is 0.355 e. The van der Waals surface area contributed by atoms with Crippen molar-refractivity contribution in [3.8, 4) is 0 Å². The summed E-state index contributed by atoms with van der Waals surface area (Å²) in [6.07, 6.45) is 0.495. The maximum absolute atomic E-state index is 10.8. The Hall–Kier alpha value is -1.50. The average Bonchev–Trinajstić information content (AvgIpc) is 2.44. The first kappa shape index (κ1) is 15.6. The van der Waals surface area contributed by atoms with Crippen LogP contribution in [0.5, 0.6) is 0 Å². The first-order valence-electron chi connectivity index (χ1n) is 6.15. The van der Waals surface area contributed by atoms with Crippen molar-refractivity contribution in [3.05, 3.63) is 39.9 Å². The quantitative estimate of drug-likeness (QED) is 0.444. The van der Waals surface area contributed by atoms with Crippen LogP contribution in [0.3, 0.4) is 0 Å². The van der Waals surface area contributed by atoms with Crippen LogP contribution in [-0.2, 0) is 9.47 Å². The van der Waals surface area contributed by atoms with E-state index in [0.29, 0.717) is 6.54 Å². The van der Waals surface area contributed by atoms with Gasteiger partial charge < -0.3 is 14.8 Å². The second-order valence-electron chi connectivity index (χ2n) is 4.12. The third-order valence-electron chi connectivity index (χ3n) is 2.95. The molecule has 0 aliphatic carbocycles. The number of nitrogens with one attached hydrogen (secondary N) is 1. The Bertz CT molecular complexity index is 407. The van der Waals surface area contributed by atoms with Gasteiger partial charge in [-0.2, -0.15) is 0 Å². The molecule has 1 rings (SSSR count). The van der Waals surface area contributed by atoms with Crippen molar-refractivity contribution < 1.29 is 14.4 Å². The predicted octanol–water partition coefficient (Wildman–Crippen LogP) is 2.25. The third-order valence-corrected chi connectivity index (χ3v) is 2.95. The van der Waals surface area contributed by atoms with E-state index in [4.69, 9.17) is 9.47 Å². The highest BCUT2D eigenvalue weighted by molar-refractivity contribution is 5.35. The van der Waals surface area contributed by atoms with E-state index >= 15 is 0 Å². The van der Waals surface area contributed by atoms with E-state index in [9.17, 15) is 10.1 Å². The summed E-state index contributed by atoms with van der Waals surface area (Å²) in [5.41, 5.74) is 0.996. The van der Waals surface area contributed by atoms with Crippen LogP contribution in [0.1, 0.15) is 24.9 Å². The van der Waals surface area contributed by atoms with E-state index in [1.54, 1.807) is 26.4 Å². The van der Waals surface area contributed by atoms with Crippen LogP contribution < -0.4 is 5.32 Å². The topological polar surface area (TPSA) is 73.6 Å². The van der Waals surface area contributed by atoms with Crippen molar-refractivity contribution in [1.29, 1.82) is 0 Å². The lowest BCUT2D eigenvalue weighted by Gasteiger charge is -2.20. The fourth-order valence-electron chi connectivity index (χ4n) is 1.85. The SMILES string of the molecule is CCC(NCC(OC)OC)c1cccc([N+](=O)[O-])c1. The minimum atomic E-state index is -0.386. The van der Waals surface area contributed by atoms with Gasteiger partial charge in [-0.1, -0.05) is 19.1 Å². The highest BCUT2D eigenvalue weighted by Gasteiger charge is 2.14. The highest BCUT2D eigenvalue weighted by atomic mass is 16.7. The van der Waals surface area contributed by atoms with Gasteiger partial charge in [0.25, 0.3) is 5.69 Å². The molecular formula is C13H20N2O4. The van der Waals surface area contributed by atoms with E-state index in [0.717, 1.165) is 12.0 Å². The first-order chi connectivity index (χ1) is 9.12. The zero-order valence-electron chi connectivity index (χ0n) is 11.5. The number of methoxy groups -OCH3 is 2. The van der Waals surface area contributed by atoms with E-state index in [2.05, 4.69) is 5.32 Å². The second-order valence-corrected chi connectivity index (χ2v) is 4.12. The normalized spacial score (nSPS) is 12.6. The van der Waals surface area contributed by atoms with Crippen LogP contribution >= 0.6 is 0 Å². The van der Waals surface area contributed by atoms with E-state index in [1.807, 2.05) is 13.0 Å². The molecule has 6 nitrogen and oxygen atoms in total. The van der Waals surface area contributed by atoms with Crippen LogP contribution in [0, 0.1) is 10.1 Å². The minimum Gasteiger partial charge on any atom is -0.355 e. The molecule has 106 valence electrons. The summed E-state index contributed by atoms with van der Waals surface area (Å²) >= 11 is 0. The third kappa shape index (κ3) is 4.59. The lowest BCUT2D eigenvalue weighted by molar-refractivity contribution is -0.384. The molecule has 1 N–H and O–H groups in total. The molecule has 0 aromatic heterocycles. The second kappa shape index (κ2) is 7.83. The monoisotopic (exact) mass is 268 g/mol. The van der Waals surface area contributed by atoms with Crippen LogP contribution in [0.4, 0.5) is 5.69 Å². The molecule has 0 saturated heterocycles. The predicted molar refractivity (Wildman–Crippen MR) is 71.9 cm³/mol. The first-order valence-corrected chi connectivity index (χ1v) is 6.15. The summed E-state index contributed by atoms with van der Waals surface area (Å²) in [5, 5.41) is 14.0. The maximum atomic E-state index is 10.8. The Kier molecular flexibility index (Phi) is 6.41. The van der Waals surface area contributed by atoms with Crippen LogP contribution in [0.25, 0.3) is 0 Å². The molecule has 0 saturated carbocycles. The summed E-state index contributed by atoms with van der Waals surface area (Å²) in [6, 6.07) is 6.69. The van der Waals surface area contributed by atoms with Gasteiger partial charge in [0.05, 0.1) is 4.92 Å². The van der Waals surface area contributed by atoms with Crippen LogP contribution in [0.15, 0.2) is 24.3 Å². The van der Waals surface area contributed by atoms with Crippen molar-refractivity contribution in [2.24, 2.45) is 0 Å². The Balaban J connectivity index is 2.74. The van der Waals surface area contributed by atoms with Crippen LogP contribution in [-0.4, -0.2) is 32.0 Å². The molecule has 0 amide bonds. The molecule has 1 aromatic rings. The summed E-state index contributed by atoms with van der Waals surface area (Å²) in [6.45, 7) is 2.54. The molecule has 0 aliphatic heterocycles. The van der Waals surface area contributed by atoms with Gasteiger partial charge in [0.2, 0.25) is 0 Å². The lowest BCUT2D eigenvalue weighted by Crippen LogP contribution is -2.32. The number of nitrogens with zero attached hydrogens (tertiary/aromatic N) is 1. The molecule has 0 fully saturated rings. The fraction of sp³-hybridized carbons (Fsp3) is 0.538. The summed E-state index contributed by atoms with van der Waals surface area (Å²) in [7, 11) is 3.15. The van der Waals surface area contributed by atoms with Crippen molar-refractivity contribution in [1.82, 2.24) is 5.32 Å².